The van der Waals surface area contributed by atoms with Gasteiger partial charge < -0.3 is 10.4 Å². The monoisotopic (exact) mass is 375 g/mol. The molecular weight excluding hydrogens is 354 g/mol. The lowest BCUT2D eigenvalue weighted by molar-refractivity contribution is -0.136. The summed E-state index contributed by atoms with van der Waals surface area (Å²) < 4.78 is 24.1. The lowest BCUT2D eigenvalue weighted by Gasteiger charge is -2.07. The molecule has 0 aliphatic rings. The summed E-state index contributed by atoms with van der Waals surface area (Å²) >= 11 is 0. The number of nitrogens with one attached hydrogen (secondary N) is 1. The smallest absolute Gasteiger partial charge is 0.307 e. The molecule has 2 aromatic rings. The first-order valence-corrected chi connectivity index (χ1v) is 10.0. The van der Waals surface area contributed by atoms with Crippen LogP contribution < -0.4 is 5.32 Å². The van der Waals surface area contributed by atoms with Gasteiger partial charge in [-0.2, -0.15) is 0 Å². The highest BCUT2D eigenvalue weighted by Gasteiger charge is 2.16. The molecule has 138 valence electrons. The predicted octanol–water partition coefficient (Wildman–Crippen LogP) is 2.30. The van der Waals surface area contributed by atoms with Crippen molar-refractivity contribution in [3.8, 4) is 0 Å². The molecule has 2 rings (SSSR count). The number of hydrogen-bond acceptors (Lipinski definition) is 4. The number of anilines is 1. The van der Waals surface area contributed by atoms with Crippen LogP contribution in [0.5, 0.6) is 0 Å². The Balaban J connectivity index is 1.81. The normalized spacial score (nSPS) is 11.1. The van der Waals surface area contributed by atoms with Crippen LogP contribution in [0.3, 0.4) is 0 Å². The average molecular weight is 375 g/mol. The summed E-state index contributed by atoms with van der Waals surface area (Å²) in [5.74, 6) is -2.16. The maximum Gasteiger partial charge on any atom is 0.307 e. The second-order valence-corrected chi connectivity index (χ2v) is 8.18. The van der Waals surface area contributed by atoms with Crippen molar-refractivity contribution in [1.29, 1.82) is 0 Å². The zero-order valence-corrected chi connectivity index (χ0v) is 15.0. The van der Waals surface area contributed by atoms with Crippen LogP contribution in [0.4, 0.5) is 5.69 Å². The fourth-order valence-electron chi connectivity index (χ4n) is 2.49. The highest BCUT2D eigenvalue weighted by Crippen LogP contribution is 2.11. The Morgan fingerprint density at radius 3 is 2.19 bits per heavy atom. The van der Waals surface area contributed by atoms with Gasteiger partial charge in [0.05, 0.1) is 12.2 Å². The summed E-state index contributed by atoms with van der Waals surface area (Å²) in [6, 6.07) is 15.9. The molecule has 0 atom stereocenters. The molecule has 0 aromatic heterocycles. The van der Waals surface area contributed by atoms with Gasteiger partial charge in [0.15, 0.2) is 9.84 Å². The lowest BCUT2D eigenvalue weighted by atomic mass is 10.1. The van der Waals surface area contributed by atoms with Crippen molar-refractivity contribution in [2.75, 3.05) is 16.8 Å². The van der Waals surface area contributed by atoms with Gasteiger partial charge in [-0.15, -0.1) is 0 Å². The van der Waals surface area contributed by atoms with Crippen molar-refractivity contribution in [3.63, 3.8) is 0 Å². The van der Waals surface area contributed by atoms with Crippen molar-refractivity contribution in [3.05, 3.63) is 65.7 Å². The van der Waals surface area contributed by atoms with Gasteiger partial charge in [0.25, 0.3) is 0 Å². The Labute approximate surface area is 152 Å². The number of amides is 1. The number of benzene rings is 2. The van der Waals surface area contributed by atoms with Crippen LogP contribution in [0.15, 0.2) is 54.6 Å². The molecule has 0 spiro atoms. The van der Waals surface area contributed by atoms with Crippen LogP contribution in [-0.4, -0.2) is 36.9 Å². The Hall–Kier alpha value is -2.67. The maximum absolute atomic E-state index is 12.1. The van der Waals surface area contributed by atoms with Gasteiger partial charge in [-0.05, 0) is 36.1 Å². The second kappa shape index (κ2) is 9.15. The molecular formula is C19H21NO5S. The standard InChI is InChI=1S/C19H21NO5S/c21-18(20-17-10-8-16(9-11-17)13-19(22)23)14-26(24,25)12-4-7-15-5-2-1-3-6-15/h1-3,5-6,8-11H,4,7,12-14H2,(H,20,21)(H,22,23). The van der Waals surface area contributed by atoms with Gasteiger partial charge in [0.1, 0.15) is 5.75 Å². The summed E-state index contributed by atoms with van der Waals surface area (Å²) in [6.45, 7) is 0. The molecule has 0 radical (unpaired) electrons. The Kier molecular flexibility index (Phi) is 6.91. The summed E-state index contributed by atoms with van der Waals surface area (Å²) in [7, 11) is -3.48. The van der Waals surface area contributed by atoms with Gasteiger partial charge in [-0.25, -0.2) is 8.42 Å². The molecule has 6 nitrogen and oxygen atoms in total. The molecule has 0 heterocycles. The number of hydrogen-bond donors (Lipinski definition) is 2. The molecule has 0 bridgehead atoms. The minimum atomic E-state index is -3.48. The number of carbonyl (C=O) groups is 2. The number of aliphatic carboxylic acids is 1. The Morgan fingerprint density at radius 2 is 1.58 bits per heavy atom. The topological polar surface area (TPSA) is 101 Å². The molecule has 0 aliphatic heterocycles. The fourth-order valence-corrected chi connectivity index (χ4v) is 3.69. The molecule has 0 saturated heterocycles. The molecule has 2 N–H and O–H groups in total. The molecule has 26 heavy (non-hydrogen) atoms. The van der Waals surface area contributed by atoms with E-state index in [-0.39, 0.29) is 12.2 Å². The van der Waals surface area contributed by atoms with Crippen LogP contribution in [0, 0.1) is 0 Å². The minimum absolute atomic E-state index is 0.0487. The van der Waals surface area contributed by atoms with Crippen LogP contribution in [0.25, 0.3) is 0 Å². The van der Waals surface area contributed by atoms with E-state index in [1.165, 1.54) is 0 Å². The molecule has 0 aliphatic carbocycles. The highest BCUT2D eigenvalue weighted by molar-refractivity contribution is 7.92. The lowest BCUT2D eigenvalue weighted by Crippen LogP contribution is -2.25. The van der Waals surface area contributed by atoms with Gasteiger partial charge in [0, 0.05) is 5.69 Å². The Morgan fingerprint density at radius 1 is 0.923 bits per heavy atom. The number of carboxylic acids is 1. The van der Waals surface area contributed by atoms with Crippen LogP contribution >= 0.6 is 0 Å². The number of sulfone groups is 1. The van der Waals surface area contributed by atoms with Crippen LogP contribution in [-0.2, 0) is 32.3 Å². The third-order valence-electron chi connectivity index (χ3n) is 3.71. The van der Waals surface area contributed by atoms with E-state index in [2.05, 4.69) is 5.32 Å². The number of aryl methyl sites for hydroxylation is 1. The molecule has 2 aromatic carbocycles. The van der Waals surface area contributed by atoms with Crippen molar-refractivity contribution >= 4 is 27.4 Å². The molecule has 7 heteroatoms. The van der Waals surface area contributed by atoms with E-state index in [9.17, 15) is 18.0 Å². The van der Waals surface area contributed by atoms with Gasteiger partial charge >= 0.3 is 5.97 Å². The summed E-state index contributed by atoms with van der Waals surface area (Å²) in [5.41, 5.74) is 2.10. The van der Waals surface area contributed by atoms with E-state index in [1.54, 1.807) is 24.3 Å². The van der Waals surface area contributed by atoms with Crippen molar-refractivity contribution < 1.29 is 23.1 Å². The quantitative estimate of drug-likeness (QED) is 0.700. The molecule has 0 fully saturated rings. The predicted molar refractivity (Wildman–Crippen MR) is 99.8 cm³/mol. The molecule has 0 unspecified atom stereocenters. The van der Waals surface area contributed by atoms with Crippen molar-refractivity contribution in [1.82, 2.24) is 0 Å². The van der Waals surface area contributed by atoms with Crippen LogP contribution in [0.1, 0.15) is 17.5 Å². The largest absolute Gasteiger partial charge is 0.481 e. The first-order valence-electron chi connectivity index (χ1n) is 8.19. The van der Waals surface area contributed by atoms with E-state index < -0.39 is 27.5 Å². The number of carboxylic acid groups (broad SMARTS) is 1. The Bertz CT molecular complexity index is 845. The van der Waals surface area contributed by atoms with E-state index >= 15 is 0 Å². The zero-order valence-electron chi connectivity index (χ0n) is 14.2. The SMILES string of the molecule is O=C(O)Cc1ccc(NC(=O)CS(=O)(=O)CCCc2ccccc2)cc1. The number of carbonyl (C=O) groups excluding carboxylic acids is 1. The van der Waals surface area contributed by atoms with E-state index in [4.69, 9.17) is 5.11 Å². The maximum atomic E-state index is 12.1. The van der Waals surface area contributed by atoms with Crippen molar-refractivity contribution in [2.45, 2.75) is 19.3 Å². The first-order chi connectivity index (χ1) is 12.3. The second-order valence-electron chi connectivity index (χ2n) is 6.00. The van der Waals surface area contributed by atoms with E-state index in [0.29, 0.717) is 24.1 Å². The first kappa shape index (κ1) is 19.7. The van der Waals surface area contributed by atoms with Crippen LogP contribution in [0.2, 0.25) is 0 Å². The molecule has 1 amide bonds. The summed E-state index contributed by atoms with van der Waals surface area (Å²) in [5, 5.41) is 11.2. The molecule has 0 saturated carbocycles. The highest BCUT2D eigenvalue weighted by atomic mass is 32.2. The van der Waals surface area contributed by atoms with E-state index in [0.717, 1.165) is 5.56 Å². The van der Waals surface area contributed by atoms with Gasteiger partial charge in [-0.1, -0.05) is 42.5 Å². The van der Waals surface area contributed by atoms with E-state index in [1.807, 2.05) is 30.3 Å². The summed E-state index contributed by atoms with van der Waals surface area (Å²) in [4.78, 5) is 22.6. The summed E-state index contributed by atoms with van der Waals surface area (Å²) in [6.07, 6.45) is 1.00. The number of rotatable bonds is 9. The third-order valence-corrected chi connectivity index (χ3v) is 5.32. The van der Waals surface area contributed by atoms with Gasteiger partial charge in [-0.3, -0.25) is 9.59 Å². The minimum Gasteiger partial charge on any atom is -0.481 e. The van der Waals surface area contributed by atoms with Crippen molar-refractivity contribution in [2.24, 2.45) is 0 Å². The van der Waals surface area contributed by atoms with Gasteiger partial charge in [0.2, 0.25) is 5.91 Å². The zero-order chi connectivity index (χ0) is 19.0. The fraction of sp³-hybridized carbons (Fsp3) is 0.263. The third kappa shape index (κ3) is 7.06. The average Bonchev–Trinajstić information content (AvgIpc) is 2.56.